The highest BCUT2D eigenvalue weighted by atomic mass is 127. The quantitative estimate of drug-likeness (QED) is 0.268. The molecule has 2 rings (SSSR count). The van der Waals surface area contributed by atoms with E-state index in [0.29, 0.717) is 25.6 Å². The molecule has 1 aromatic rings. The molecule has 1 unspecified atom stereocenters. The summed E-state index contributed by atoms with van der Waals surface area (Å²) < 4.78 is 5.52. The van der Waals surface area contributed by atoms with E-state index in [0.717, 1.165) is 18.4 Å². The largest absolute Gasteiger partial charge is 0.444 e. The van der Waals surface area contributed by atoms with Gasteiger partial charge in [0, 0.05) is 25.7 Å². The Morgan fingerprint density at radius 1 is 1.34 bits per heavy atom. The summed E-state index contributed by atoms with van der Waals surface area (Å²) in [5.74, 6) is 0.623. The Morgan fingerprint density at radius 2 is 2.03 bits per heavy atom. The van der Waals surface area contributed by atoms with Gasteiger partial charge in [-0.3, -0.25) is 0 Å². The van der Waals surface area contributed by atoms with E-state index in [9.17, 15) is 9.90 Å². The third-order valence-corrected chi connectivity index (χ3v) is 4.98. The second-order valence-corrected chi connectivity index (χ2v) is 9.09. The summed E-state index contributed by atoms with van der Waals surface area (Å²) in [6, 6.07) is 2.19. The van der Waals surface area contributed by atoms with E-state index in [4.69, 9.17) is 4.74 Å². The molecule has 1 heterocycles. The molecule has 1 amide bonds. The third kappa shape index (κ3) is 9.08. The van der Waals surface area contributed by atoms with E-state index in [1.54, 1.807) is 23.2 Å². The predicted octanol–water partition coefficient (Wildman–Crippen LogP) is 3.53. The Bertz CT molecular complexity index is 655. The Balaban J connectivity index is 0.00000420. The van der Waals surface area contributed by atoms with Gasteiger partial charge in [0.25, 0.3) is 0 Å². The van der Waals surface area contributed by atoms with E-state index in [1.807, 2.05) is 44.5 Å². The summed E-state index contributed by atoms with van der Waals surface area (Å²) in [5, 5.41) is 21.0. The number of thiophene rings is 1. The fourth-order valence-electron chi connectivity index (χ4n) is 2.66. The number of carbonyl (C=O) groups excluding carboxylic acids is 1. The minimum Gasteiger partial charge on any atom is -0.444 e. The molecule has 0 spiro atoms. The van der Waals surface area contributed by atoms with Gasteiger partial charge in [0.15, 0.2) is 5.96 Å². The molecule has 1 fully saturated rings. The van der Waals surface area contributed by atoms with Gasteiger partial charge in [0.05, 0.1) is 6.54 Å². The third-order valence-electron chi connectivity index (χ3n) is 4.29. The van der Waals surface area contributed by atoms with Crippen molar-refractivity contribution in [1.29, 1.82) is 0 Å². The number of aliphatic hydroxyl groups is 1. The second kappa shape index (κ2) is 11.4. The van der Waals surface area contributed by atoms with Crippen molar-refractivity contribution in [2.75, 3.05) is 26.2 Å². The normalized spacial score (nSPS) is 16.4. The van der Waals surface area contributed by atoms with Crippen molar-refractivity contribution in [2.24, 2.45) is 4.99 Å². The van der Waals surface area contributed by atoms with Crippen molar-refractivity contribution in [3.05, 3.63) is 22.4 Å². The molecule has 0 aromatic carbocycles. The lowest BCUT2D eigenvalue weighted by atomic mass is 10.00. The number of hydrogen-bond acceptors (Lipinski definition) is 5. The summed E-state index contributed by atoms with van der Waals surface area (Å²) in [6.45, 7) is 11.5. The van der Waals surface area contributed by atoms with Crippen LogP contribution in [0.2, 0.25) is 0 Å². The Morgan fingerprint density at radius 3 is 2.55 bits per heavy atom. The molecule has 166 valence electrons. The maximum Gasteiger partial charge on any atom is 0.410 e. The van der Waals surface area contributed by atoms with E-state index in [2.05, 4.69) is 15.6 Å². The van der Waals surface area contributed by atoms with Crippen molar-refractivity contribution in [3.8, 4) is 0 Å². The zero-order valence-electron chi connectivity index (χ0n) is 18.0. The Hall–Kier alpha value is -1.07. The SMILES string of the molecule is CCNC(=NCC(C)(O)c1ccsc1)NCCN(C(=O)OC(C)(C)C)C1CC1.I. The topological polar surface area (TPSA) is 86.2 Å². The number of carbonyl (C=O) groups is 1. The summed E-state index contributed by atoms with van der Waals surface area (Å²) in [4.78, 5) is 18.7. The molecule has 1 atom stereocenters. The minimum absolute atomic E-state index is 0. The molecule has 1 aromatic heterocycles. The number of ether oxygens (including phenoxy) is 1. The summed E-state index contributed by atoms with van der Waals surface area (Å²) in [5.41, 5.74) is -0.651. The van der Waals surface area contributed by atoms with Gasteiger partial charge in [0.1, 0.15) is 11.2 Å². The average Bonchev–Trinajstić information content (AvgIpc) is 3.25. The molecule has 1 aliphatic rings. The second-order valence-electron chi connectivity index (χ2n) is 8.31. The maximum absolute atomic E-state index is 12.4. The van der Waals surface area contributed by atoms with Crippen LogP contribution in [0.15, 0.2) is 21.8 Å². The molecule has 3 N–H and O–H groups in total. The molecule has 9 heteroatoms. The zero-order chi connectivity index (χ0) is 20.8. The van der Waals surface area contributed by atoms with Gasteiger partial charge in [0.2, 0.25) is 0 Å². The van der Waals surface area contributed by atoms with E-state index in [1.165, 1.54) is 0 Å². The molecular weight excluding hydrogens is 503 g/mol. The molecular formula is C20H35IN4O3S. The highest BCUT2D eigenvalue weighted by Crippen LogP contribution is 2.28. The van der Waals surface area contributed by atoms with Crippen LogP contribution >= 0.6 is 35.3 Å². The van der Waals surface area contributed by atoms with Gasteiger partial charge in [-0.1, -0.05) is 0 Å². The molecule has 1 saturated carbocycles. The van der Waals surface area contributed by atoms with Gasteiger partial charge in [-0.05, 0) is 69.9 Å². The van der Waals surface area contributed by atoms with Crippen LogP contribution < -0.4 is 10.6 Å². The Kier molecular flexibility index (Phi) is 10.2. The smallest absolute Gasteiger partial charge is 0.410 e. The molecule has 7 nitrogen and oxygen atoms in total. The molecule has 0 aliphatic heterocycles. The lowest BCUT2D eigenvalue weighted by molar-refractivity contribution is 0.0238. The van der Waals surface area contributed by atoms with Crippen LogP contribution in [0.25, 0.3) is 0 Å². The first kappa shape index (κ1) is 26.0. The number of rotatable bonds is 8. The van der Waals surface area contributed by atoms with Gasteiger partial charge in [-0.25, -0.2) is 9.79 Å². The van der Waals surface area contributed by atoms with Gasteiger partial charge in [-0.15, -0.1) is 24.0 Å². The molecule has 0 bridgehead atoms. The lowest BCUT2D eigenvalue weighted by Crippen LogP contribution is -2.45. The fourth-order valence-corrected chi connectivity index (χ4v) is 3.44. The minimum atomic E-state index is -1.01. The number of nitrogens with zero attached hydrogens (tertiary/aromatic N) is 2. The van der Waals surface area contributed by atoms with Gasteiger partial charge in [-0.2, -0.15) is 11.3 Å². The van der Waals surface area contributed by atoms with Crippen LogP contribution in [0.4, 0.5) is 4.79 Å². The van der Waals surface area contributed by atoms with Crippen LogP contribution in [0.1, 0.15) is 53.0 Å². The number of aliphatic imine (C=N–C) groups is 1. The van der Waals surface area contributed by atoms with Crippen LogP contribution in [0.3, 0.4) is 0 Å². The lowest BCUT2D eigenvalue weighted by Gasteiger charge is -2.27. The van der Waals surface area contributed by atoms with Crippen LogP contribution in [0.5, 0.6) is 0 Å². The first-order valence-corrected chi connectivity index (χ1v) is 10.8. The number of amides is 1. The highest BCUT2D eigenvalue weighted by Gasteiger charge is 2.34. The van der Waals surface area contributed by atoms with Crippen molar-refractivity contribution in [3.63, 3.8) is 0 Å². The van der Waals surface area contributed by atoms with E-state index in [-0.39, 0.29) is 42.7 Å². The summed E-state index contributed by atoms with van der Waals surface area (Å²) >= 11 is 1.55. The average molecular weight is 538 g/mol. The standard InChI is InChI=1S/C20H34N4O3S.HI/c1-6-21-17(23-14-20(5,26)15-9-12-28-13-15)22-10-11-24(16-7-8-16)18(25)27-19(2,3)4;/h9,12-13,16,26H,6-8,10-11,14H2,1-5H3,(H2,21,22,23);1H. The van der Waals surface area contributed by atoms with E-state index >= 15 is 0 Å². The first-order valence-electron chi connectivity index (χ1n) is 9.89. The van der Waals surface area contributed by atoms with Crippen LogP contribution in [0, 0.1) is 0 Å². The van der Waals surface area contributed by atoms with Crippen molar-refractivity contribution >= 4 is 47.4 Å². The maximum atomic E-state index is 12.4. The van der Waals surface area contributed by atoms with Crippen molar-refractivity contribution in [2.45, 2.75) is 64.7 Å². The van der Waals surface area contributed by atoms with Crippen molar-refractivity contribution in [1.82, 2.24) is 15.5 Å². The summed E-state index contributed by atoms with van der Waals surface area (Å²) in [7, 11) is 0. The Labute approximate surface area is 195 Å². The monoisotopic (exact) mass is 538 g/mol. The molecule has 1 aliphatic carbocycles. The van der Waals surface area contributed by atoms with Gasteiger partial charge >= 0.3 is 6.09 Å². The molecule has 0 saturated heterocycles. The van der Waals surface area contributed by atoms with Crippen molar-refractivity contribution < 1.29 is 14.6 Å². The first-order chi connectivity index (χ1) is 13.1. The molecule has 0 radical (unpaired) electrons. The van der Waals surface area contributed by atoms with Gasteiger partial charge < -0.3 is 25.4 Å². The van der Waals surface area contributed by atoms with E-state index < -0.39 is 11.2 Å². The van der Waals surface area contributed by atoms with Crippen LogP contribution in [-0.4, -0.2) is 59.9 Å². The highest BCUT2D eigenvalue weighted by molar-refractivity contribution is 14.0. The number of hydrogen-bond donors (Lipinski definition) is 3. The fraction of sp³-hybridized carbons (Fsp3) is 0.700. The number of guanidine groups is 1. The zero-order valence-corrected chi connectivity index (χ0v) is 21.2. The number of halogens is 1. The summed E-state index contributed by atoms with van der Waals surface area (Å²) in [6.07, 6.45) is 1.78. The number of nitrogens with one attached hydrogen (secondary N) is 2. The molecule has 29 heavy (non-hydrogen) atoms. The van der Waals surface area contributed by atoms with Crippen LogP contribution in [-0.2, 0) is 10.3 Å². The predicted molar refractivity (Wildman–Crippen MR) is 129 cm³/mol.